The van der Waals surface area contributed by atoms with Gasteiger partial charge in [0.2, 0.25) is 0 Å². The van der Waals surface area contributed by atoms with E-state index in [9.17, 15) is 9.90 Å². The first-order valence-corrected chi connectivity index (χ1v) is 3.88. The van der Waals surface area contributed by atoms with E-state index in [0.29, 0.717) is 0 Å². The topological polar surface area (TPSA) is 124 Å². The van der Waals surface area contributed by atoms with Crippen LogP contribution in [0.15, 0.2) is 0 Å². The summed E-state index contributed by atoms with van der Waals surface area (Å²) >= 11 is 0. The number of aliphatic hydroxyl groups excluding tert-OH is 3. The van der Waals surface area contributed by atoms with E-state index in [-0.39, 0.29) is 6.54 Å². The van der Waals surface area contributed by atoms with Crippen molar-refractivity contribution < 1.29 is 25.2 Å². The molecule has 6 nitrogen and oxygen atoms in total. The number of carboxylic acids is 1. The second kappa shape index (κ2) is 5.13. The van der Waals surface area contributed by atoms with Gasteiger partial charge in [-0.1, -0.05) is 6.92 Å². The largest absolute Gasteiger partial charge is 0.479 e. The molecular formula is C7H15NO5. The van der Waals surface area contributed by atoms with E-state index in [1.165, 1.54) is 6.92 Å². The minimum absolute atomic E-state index is 0.0927. The van der Waals surface area contributed by atoms with Gasteiger partial charge in [-0.25, -0.2) is 4.79 Å². The van der Waals surface area contributed by atoms with Crippen LogP contribution in [0.4, 0.5) is 0 Å². The lowest BCUT2D eigenvalue weighted by Crippen LogP contribution is -2.44. The fourth-order valence-electron chi connectivity index (χ4n) is 0.876. The van der Waals surface area contributed by atoms with Crippen LogP contribution >= 0.6 is 0 Å². The molecule has 0 bridgehead atoms. The molecule has 0 saturated heterocycles. The standard InChI is InChI=1S/C7H15NO5/c1-3(4(9)2-8)5(10)6(11)7(12)13/h3-6,9-11H,2,8H2,1H3,(H,12,13). The van der Waals surface area contributed by atoms with Gasteiger partial charge in [0.15, 0.2) is 6.10 Å². The van der Waals surface area contributed by atoms with Gasteiger partial charge in [-0.2, -0.15) is 0 Å². The van der Waals surface area contributed by atoms with Crippen LogP contribution in [0, 0.1) is 5.92 Å². The number of rotatable bonds is 5. The molecule has 0 aliphatic heterocycles. The summed E-state index contributed by atoms with van der Waals surface area (Å²) in [6.07, 6.45) is -4.43. The summed E-state index contributed by atoms with van der Waals surface area (Å²) in [5.41, 5.74) is 5.10. The maximum absolute atomic E-state index is 10.2. The van der Waals surface area contributed by atoms with E-state index in [4.69, 9.17) is 21.1 Å². The van der Waals surface area contributed by atoms with Gasteiger partial charge < -0.3 is 26.2 Å². The molecule has 4 atom stereocenters. The number of aliphatic carboxylic acids is 1. The highest BCUT2D eigenvalue weighted by atomic mass is 16.4. The number of carboxylic acid groups (broad SMARTS) is 1. The van der Waals surface area contributed by atoms with Gasteiger partial charge in [-0.3, -0.25) is 0 Å². The zero-order valence-corrected chi connectivity index (χ0v) is 7.29. The summed E-state index contributed by atoms with van der Waals surface area (Å²) in [6.45, 7) is 1.32. The van der Waals surface area contributed by atoms with Gasteiger partial charge in [0.05, 0.1) is 12.2 Å². The summed E-state index contributed by atoms with van der Waals surface area (Å²) in [4.78, 5) is 10.2. The van der Waals surface area contributed by atoms with Crippen LogP contribution in [0.2, 0.25) is 0 Å². The van der Waals surface area contributed by atoms with E-state index in [2.05, 4.69) is 0 Å². The normalized spacial score (nSPS) is 20.4. The zero-order valence-electron chi connectivity index (χ0n) is 7.29. The fraction of sp³-hybridized carbons (Fsp3) is 0.857. The first kappa shape index (κ1) is 12.3. The van der Waals surface area contributed by atoms with Crippen LogP contribution in [0.3, 0.4) is 0 Å². The SMILES string of the molecule is CC(C(O)CN)C(O)C(O)C(=O)O. The Kier molecular flexibility index (Phi) is 4.86. The molecular weight excluding hydrogens is 178 g/mol. The number of hydrogen-bond donors (Lipinski definition) is 5. The van der Waals surface area contributed by atoms with Crippen molar-refractivity contribution in [1.29, 1.82) is 0 Å². The highest BCUT2D eigenvalue weighted by Gasteiger charge is 2.31. The quantitative estimate of drug-likeness (QED) is 0.336. The van der Waals surface area contributed by atoms with Crippen LogP contribution in [-0.2, 0) is 4.79 Å². The van der Waals surface area contributed by atoms with E-state index in [1.54, 1.807) is 0 Å². The van der Waals surface area contributed by atoms with Crippen LogP contribution in [0.1, 0.15) is 6.92 Å². The lowest BCUT2D eigenvalue weighted by atomic mass is 9.94. The monoisotopic (exact) mass is 193 g/mol. The molecule has 0 radical (unpaired) electrons. The van der Waals surface area contributed by atoms with Crippen LogP contribution in [-0.4, -0.2) is 51.3 Å². The summed E-state index contributed by atoms with van der Waals surface area (Å²) in [7, 11) is 0. The Morgan fingerprint density at radius 3 is 2.15 bits per heavy atom. The Morgan fingerprint density at radius 2 is 1.85 bits per heavy atom. The molecule has 0 aromatic carbocycles. The van der Waals surface area contributed by atoms with E-state index < -0.39 is 30.2 Å². The molecule has 6 N–H and O–H groups in total. The second-order valence-corrected chi connectivity index (χ2v) is 2.94. The Balaban J connectivity index is 4.24. The third-order valence-corrected chi connectivity index (χ3v) is 1.96. The maximum atomic E-state index is 10.2. The third kappa shape index (κ3) is 3.27. The van der Waals surface area contributed by atoms with Crippen molar-refractivity contribution in [2.45, 2.75) is 25.2 Å². The van der Waals surface area contributed by atoms with Gasteiger partial charge in [0, 0.05) is 12.5 Å². The summed E-state index contributed by atoms with van der Waals surface area (Å²) in [5, 5.41) is 35.6. The number of hydrogen-bond acceptors (Lipinski definition) is 5. The lowest BCUT2D eigenvalue weighted by molar-refractivity contribution is -0.156. The first-order valence-electron chi connectivity index (χ1n) is 3.88. The Labute approximate surface area is 75.6 Å². The van der Waals surface area contributed by atoms with Gasteiger partial charge >= 0.3 is 5.97 Å². The minimum atomic E-state index is -1.89. The lowest BCUT2D eigenvalue weighted by Gasteiger charge is -2.24. The summed E-state index contributed by atoms with van der Waals surface area (Å²) in [6, 6.07) is 0. The molecule has 0 aliphatic carbocycles. The molecule has 0 aliphatic rings. The zero-order chi connectivity index (χ0) is 10.6. The Bertz CT molecular complexity index is 174. The fourth-order valence-corrected chi connectivity index (χ4v) is 0.876. The van der Waals surface area contributed by atoms with Crippen molar-refractivity contribution >= 4 is 5.97 Å². The van der Waals surface area contributed by atoms with Crippen molar-refractivity contribution in [2.75, 3.05) is 6.54 Å². The summed E-state index contributed by atoms with van der Waals surface area (Å²) < 4.78 is 0. The van der Waals surface area contributed by atoms with E-state index in [1.807, 2.05) is 0 Å². The molecule has 6 heteroatoms. The molecule has 0 heterocycles. The molecule has 0 saturated carbocycles. The molecule has 13 heavy (non-hydrogen) atoms. The van der Waals surface area contributed by atoms with Gasteiger partial charge in [-0.15, -0.1) is 0 Å². The number of carbonyl (C=O) groups is 1. The second-order valence-electron chi connectivity index (χ2n) is 2.94. The van der Waals surface area contributed by atoms with Gasteiger partial charge in [0.1, 0.15) is 0 Å². The van der Waals surface area contributed by atoms with Crippen molar-refractivity contribution in [3.8, 4) is 0 Å². The van der Waals surface area contributed by atoms with Crippen molar-refractivity contribution in [2.24, 2.45) is 11.7 Å². The maximum Gasteiger partial charge on any atom is 0.335 e. The third-order valence-electron chi connectivity index (χ3n) is 1.96. The van der Waals surface area contributed by atoms with Crippen molar-refractivity contribution in [3.05, 3.63) is 0 Å². The number of aliphatic hydroxyl groups is 3. The molecule has 78 valence electrons. The molecule has 4 unspecified atom stereocenters. The average Bonchev–Trinajstić information content (AvgIpc) is 2.12. The molecule has 0 aromatic rings. The minimum Gasteiger partial charge on any atom is -0.479 e. The van der Waals surface area contributed by atoms with Crippen LogP contribution in [0.5, 0.6) is 0 Å². The van der Waals surface area contributed by atoms with Crippen molar-refractivity contribution in [1.82, 2.24) is 0 Å². The summed E-state index contributed by atoms with van der Waals surface area (Å²) in [5.74, 6) is -2.31. The van der Waals surface area contributed by atoms with Gasteiger partial charge in [0.25, 0.3) is 0 Å². The first-order chi connectivity index (χ1) is 5.91. The molecule has 0 spiro atoms. The Hall–Kier alpha value is -0.690. The van der Waals surface area contributed by atoms with Crippen LogP contribution < -0.4 is 5.73 Å². The molecule has 0 fully saturated rings. The Morgan fingerprint density at radius 1 is 1.38 bits per heavy atom. The van der Waals surface area contributed by atoms with E-state index in [0.717, 1.165) is 0 Å². The molecule has 0 aromatic heterocycles. The smallest absolute Gasteiger partial charge is 0.335 e. The molecule has 0 rings (SSSR count). The van der Waals surface area contributed by atoms with E-state index >= 15 is 0 Å². The van der Waals surface area contributed by atoms with Crippen LogP contribution in [0.25, 0.3) is 0 Å². The van der Waals surface area contributed by atoms with Crippen molar-refractivity contribution in [3.63, 3.8) is 0 Å². The average molecular weight is 193 g/mol. The molecule has 0 amide bonds. The predicted octanol–water partition coefficient (Wildman–Crippen LogP) is -2.25. The van der Waals surface area contributed by atoms with Gasteiger partial charge in [-0.05, 0) is 0 Å². The highest BCUT2D eigenvalue weighted by molar-refractivity contribution is 5.72. The highest BCUT2D eigenvalue weighted by Crippen LogP contribution is 2.11. The predicted molar refractivity (Wildman–Crippen MR) is 43.9 cm³/mol. The number of nitrogens with two attached hydrogens (primary N) is 1.